The lowest BCUT2D eigenvalue weighted by molar-refractivity contribution is -0.141. The predicted molar refractivity (Wildman–Crippen MR) is 127 cm³/mol. The molecule has 0 aliphatic heterocycles. The highest BCUT2D eigenvalue weighted by atomic mass is 32.1. The molecule has 1 heterocycles. The van der Waals surface area contributed by atoms with Crippen molar-refractivity contribution in [2.75, 3.05) is 12.4 Å². The van der Waals surface area contributed by atoms with Gasteiger partial charge in [0.05, 0.1) is 23.2 Å². The van der Waals surface area contributed by atoms with E-state index in [0.717, 1.165) is 37.9 Å². The molecule has 0 spiro atoms. The van der Waals surface area contributed by atoms with Crippen LogP contribution in [-0.4, -0.2) is 29.0 Å². The van der Waals surface area contributed by atoms with E-state index >= 15 is 0 Å². The van der Waals surface area contributed by atoms with Crippen molar-refractivity contribution in [1.82, 2.24) is 4.98 Å². The van der Waals surface area contributed by atoms with Gasteiger partial charge in [0.2, 0.25) is 0 Å². The van der Waals surface area contributed by atoms with Gasteiger partial charge in [-0.2, -0.15) is 0 Å². The van der Waals surface area contributed by atoms with Crippen LogP contribution in [-0.2, 0) is 4.79 Å². The zero-order valence-corrected chi connectivity index (χ0v) is 18.5. The summed E-state index contributed by atoms with van der Waals surface area (Å²) in [7, 11) is 1.65. The van der Waals surface area contributed by atoms with Crippen molar-refractivity contribution in [2.24, 2.45) is 5.92 Å². The van der Waals surface area contributed by atoms with Crippen LogP contribution in [0.2, 0.25) is 0 Å². The Hall–Kier alpha value is -3.71. The Morgan fingerprint density at radius 3 is 2.31 bits per heavy atom. The van der Waals surface area contributed by atoms with Gasteiger partial charge in [-0.15, -0.1) is 0 Å². The van der Waals surface area contributed by atoms with Crippen molar-refractivity contribution in [3.63, 3.8) is 0 Å². The molecule has 0 amide bonds. The minimum Gasteiger partial charge on any atom is -0.497 e. The summed E-state index contributed by atoms with van der Waals surface area (Å²) in [6, 6.07) is 21.0. The van der Waals surface area contributed by atoms with Gasteiger partial charge in [0.25, 0.3) is 0 Å². The number of hydrogen-bond donors (Lipinski definition) is 2. The normalized spacial score (nSPS) is 11.8. The van der Waals surface area contributed by atoms with Crippen molar-refractivity contribution in [3.8, 4) is 16.9 Å². The molecule has 0 fully saturated rings. The summed E-state index contributed by atoms with van der Waals surface area (Å²) >= 11 is 1.56. The van der Waals surface area contributed by atoms with E-state index in [1.165, 1.54) is 6.92 Å². The van der Waals surface area contributed by atoms with Gasteiger partial charge < -0.3 is 15.2 Å². The molecule has 0 aliphatic rings. The fraction of sp³-hybridized carbons (Fsp3) is 0.160. The number of hydrogen-bond acceptors (Lipinski definition) is 6. The Morgan fingerprint density at radius 2 is 1.69 bits per heavy atom. The molecule has 1 aromatic heterocycles. The summed E-state index contributed by atoms with van der Waals surface area (Å²) in [4.78, 5) is 27.8. The molecule has 32 heavy (non-hydrogen) atoms. The number of carboxylic acid groups (broad SMARTS) is 1. The van der Waals surface area contributed by atoms with Crippen LogP contribution < -0.4 is 10.1 Å². The zero-order valence-electron chi connectivity index (χ0n) is 17.7. The van der Waals surface area contributed by atoms with E-state index < -0.39 is 11.9 Å². The maximum Gasteiger partial charge on any atom is 0.306 e. The third-order valence-electron chi connectivity index (χ3n) is 5.19. The molecule has 4 aromatic rings. The first-order valence-corrected chi connectivity index (χ1v) is 10.9. The second-order valence-corrected chi connectivity index (χ2v) is 8.53. The van der Waals surface area contributed by atoms with E-state index in [1.807, 2.05) is 54.6 Å². The second-order valence-electron chi connectivity index (χ2n) is 7.50. The number of ether oxygens (including phenoxy) is 1. The third-order valence-corrected chi connectivity index (χ3v) is 6.12. The average molecular weight is 447 g/mol. The number of fused-ring (bicyclic) bond motifs is 1. The van der Waals surface area contributed by atoms with Crippen molar-refractivity contribution in [2.45, 2.75) is 13.3 Å². The molecule has 0 saturated heterocycles. The number of nitrogens with one attached hydrogen (secondary N) is 1. The molecule has 3 aromatic carbocycles. The van der Waals surface area contributed by atoms with Crippen molar-refractivity contribution < 1.29 is 19.4 Å². The number of carbonyl (C=O) groups excluding carboxylic acids is 1. The van der Waals surface area contributed by atoms with Gasteiger partial charge in [-0.3, -0.25) is 9.59 Å². The quantitative estimate of drug-likeness (QED) is 0.322. The number of aromatic nitrogens is 1. The van der Waals surface area contributed by atoms with Crippen LogP contribution in [0.15, 0.2) is 66.7 Å². The van der Waals surface area contributed by atoms with Gasteiger partial charge in [-0.1, -0.05) is 54.7 Å². The monoisotopic (exact) mass is 446 g/mol. The molecule has 4 rings (SSSR count). The summed E-state index contributed by atoms with van der Waals surface area (Å²) in [5.74, 6) is -1.02. The van der Waals surface area contributed by atoms with Crippen molar-refractivity contribution in [3.05, 3.63) is 72.3 Å². The van der Waals surface area contributed by atoms with E-state index in [1.54, 1.807) is 30.6 Å². The van der Waals surface area contributed by atoms with Gasteiger partial charge in [0.15, 0.2) is 10.9 Å². The van der Waals surface area contributed by atoms with Crippen LogP contribution in [0.4, 0.5) is 10.8 Å². The standard InChI is InChI=1S/C25H22N2O4S/c1-15(24(29)30)13-22(28)18-5-3-16(4-6-18)17-7-9-19(10-8-17)26-25-27-21-12-11-20(31-2)14-23(21)32-25/h3-12,14-15H,13H2,1-2H3,(H,26,27)(H,29,30). The first kappa shape index (κ1) is 21.5. The number of nitrogens with zero attached hydrogens (tertiary/aromatic N) is 1. The molecule has 1 unspecified atom stereocenters. The SMILES string of the molecule is COc1ccc2nc(Nc3ccc(-c4ccc(C(=O)CC(C)C(=O)O)cc4)cc3)sc2c1. The van der Waals surface area contributed by atoms with Gasteiger partial charge in [-0.25, -0.2) is 4.98 Å². The molecular formula is C25H22N2O4S. The highest BCUT2D eigenvalue weighted by molar-refractivity contribution is 7.22. The molecule has 7 heteroatoms. The smallest absolute Gasteiger partial charge is 0.306 e. The van der Waals surface area contributed by atoms with Crippen LogP contribution in [0, 0.1) is 5.92 Å². The largest absolute Gasteiger partial charge is 0.497 e. The molecule has 0 saturated carbocycles. The Morgan fingerprint density at radius 1 is 1.03 bits per heavy atom. The lowest BCUT2D eigenvalue weighted by atomic mass is 9.97. The number of carboxylic acids is 1. The zero-order chi connectivity index (χ0) is 22.7. The molecule has 0 aliphatic carbocycles. The number of methoxy groups -OCH3 is 1. The Kier molecular flexibility index (Phi) is 6.18. The van der Waals surface area contributed by atoms with Gasteiger partial charge in [-0.05, 0) is 41.5 Å². The van der Waals surface area contributed by atoms with Crippen molar-refractivity contribution in [1.29, 1.82) is 0 Å². The Labute approximate surface area is 189 Å². The molecule has 2 N–H and O–H groups in total. The van der Waals surface area contributed by atoms with Gasteiger partial charge >= 0.3 is 5.97 Å². The van der Waals surface area contributed by atoms with Crippen LogP contribution >= 0.6 is 11.3 Å². The van der Waals surface area contributed by atoms with Crippen LogP contribution in [0.3, 0.4) is 0 Å². The number of aliphatic carboxylic acids is 1. The van der Waals surface area contributed by atoms with E-state index in [4.69, 9.17) is 9.84 Å². The number of benzene rings is 3. The highest BCUT2D eigenvalue weighted by Gasteiger charge is 2.17. The van der Waals surface area contributed by atoms with Gasteiger partial charge in [0.1, 0.15) is 5.75 Å². The minimum absolute atomic E-state index is 0.00635. The predicted octanol–water partition coefficient (Wildman–Crippen LogP) is 6.01. The van der Waals surface area contributed by atoms with E-state index in [9.17, 15) is 9.59 Å². The van der Waals surface area contributed by atoms with Crippen molar-refractivity contribution >= 4 is 44.1 Å². The van der Waals surface area contributed by atoms with E-state index in [2.05, 4.69) is 10.3 Å². The second kappa shape index (κ2) is 9.20. The molecular weight excluding hydrogens is 424 g/mol. The number of Topliss-reactive ketones (excluding diaryl/α,β-unsaturated/α-hetero) is 1. The highest BCUT2D eigenvalue weighted by Crippen LogP contribution is 2.31. The molecule has 0 radical (unpaired) electrons. The maximum atomic E-state index is 12.2. The average Bonchev–Trinajstić information content (AvgIpc) is 3.20. The van der Waals surface area contributed by atoms with E-state index in [-0.39, 0.29) is 12.2 Å². The summed E-state index contributed by atoms with van der Waals surface area (Å²) in [5.41, 5.74) is 4.36. The summed E-state index contributed by atoms with van der Waals surface area (Å²) < 4.78 is 6.32. The van der Waals surface area contributed by atoms with Crippen LogP contribution in [0.5, 0.6) is 5.75 Å². The van der Waals surface area contributed by atoms with Gasteiger partial charge in [0, 0.05) is 17.7 Å². The first-order chi connectivity index (χ1) is 15.4. The van der Waals surface area contributed by atoms with Crippen LogP contribution in [0.1, 0.15) is 23.7 Å². The lowest BCUT2D eigenvalue weighted by Gasteiger charge is -2.08. The van der Waals surface area contributed by atoms with Crippen LogP contribution in [0.25, 0.3) is 21.3 Å². The summed E-state index contributed by atoms with van der Waals surface area (Å²) in [5, 5.41) is 13.1. The Bertz CT molecular complexity index is 1260. The minimum atomic E-state index is -0.964. The fourth-order valence-electron chi connectivity index (χ4n) is 3.29. The topological polar surface area (TPSA) is 88.5 Å². The number of anilines is 2. The molecule has 162 valence electrons. The third kappa shape index (κ3) is 4.78. The molecule has 1 atom stereocenters. The molecule has 6 nitrogen and oxygen atoms in total. The number of carbonyl (C=O) groups is 2. The maximum absolute atomic E-state index is 12.2. The summed E-state index contributed by atoms with van der Waals surface area (Å²) in [6.45, 7) is 1.54. The number of rotatable bonds is 8. The lowest BCUT2D eigenvalue weighted by Crippen LogP contribution is -2.14. The van der Waals surface area contributed by atoms with E-state index in [0.29, 0.717) is 5.56 Å². The summed E-state index contributed by atoms with van der Waals surface area (Å²) in [6.07, 6.45) is -0.00635. The first-order valence-electron chi connectivity index (χ1n) is 10.1. The Balaban J connectivity index is 1.44. The number of ketones is 1. The number of thiazole rings is 1. The molecule has 0 bridgehead atoms. The fourth-order valence-corrected chi connectivity index (χ4v) is 4.20.